The van der Waals surface area contributed by atoms with Gasteiger partial charge in [0.05, 0.1) is 16.3 Å². The van der Waals surface area contributed by atoms with Gasteiger partial charge in [0.2, 0.25) is 0 Å². The van der Waals surface area contributed by atoms with Crippen LogP contribution < -0.4 is 10.0 Å². The van der Waals surface area contributed by atoms with Crippen molar-refractivity contribution in [1.29, 1.82) is 0 Å². The molecule has 0 atom stereocenters. The van der Waals surface area contributed by atoms with Crippen LogP contribution >= 0.6 is 0 Å². The Morgan fingerprint density at radius 1 is 1.40 bits per heavy atom. The van der Waals surface area contributed by atoms with Crippen LogP contribution in [0.15, 0.2) is 29.4 Å². The summed E-state index contributed by atoms with van der Waals surface area (Å²) < 4.78 is 28.7. The van der Waals surface area contributed by atoms with Crippen LogP contribution in [0.3, 0.4) is 0 Å². The molecule has 0 spiro atoms. The number of hydrogen-bond donors (Lipinski definition) is 2. The molecule has 0 radical (unpaired) electrons. The molecule has 0 aliphatic heterocycles. The molecule has 0 aromatic carbocycles. The first kappa shape index (κ1) is 14.3. The zero-order chi connectivity index (χ0) is 14.8. The maximum absolute atomic E-state index is 12.3. The minimum atomic E-state index is -3.65. The summed E-state index contributed by atoms with van der Waals surface area (Å²) in [6.45, 7) is 4.33. The Balaban J connectivity index is 2.30. The fourth-order valence-electron chi connectivity index (χ4n) is 1.76. The van der Waals surface area contributed by atoms with E-state index in [1.54, 1.807) is 24.9 Å². The highest BCUT2D eigenvalue weighted by Crippen LogP contribution is 2.19. The Morgan fingerprint density at radius 3 is 2.75 bits per heavy atom. The van der Waals surface area contributed by atoms with E-state index in [4.69, 9.17) is 0 Å². The van der Waals surface area contributed by atoms with Crippen LogP contribution in [0, 0.1) is 6.92 Å². The molecule has 0 unspecified atom stereocenters. The summed E-state index contributed by atoms with van der Waals surface area (Å²) in [5, 5.41) is 7.08. The maximum Gasteiger partial charge on any atom is 0.262 e. The van der Waals surface area contributed by atoms with Gasteiger partial charge in [0.25, 0.3) is 10.0 Å². The molecule has 0 bridgehead atoms. The van der Waals surface area contributed by atoms with Gasteiger partial charge in [0.15, 0.2) is 0 Å². The number of nitrogens with zero attached hydrogens (tertiary/aromatic N) is 3. The second-order valence-corrected chi connectivity index (χ2v) is 6.00. The van der Waals surface area contributed by atoms with Crippen LogP contribution in [0.25, 0.3) is 0 Å². The van der Waals surface area contributed by atoms with Crippen molar-refractivity contribution in [2.24, 2.45) is 7.05 Å². The lowest BCUT2D eigenvalue weighted by molar-refractivity contribution is 0.601. The van der Waals surface area contributed by atoms with Gasteiger partial charge in [0, 0.05) is 32.1 Å². The molecule has 0 amide bonds. The fourth-order valence-corrected chi connectivity index (χ4v) is 2.87. The van der Waals surface area contributed by atoms with Gasteiger partial charge in [-0.3, -0.25) is 9.40 Å². The van der Waals surface area contributed by atoms with Crippen molar-refractivity contribution in [3.05, 3.63) is 30.2 Å². The second kappa shape index (κ2) is 5.49. The van der Waals surface area contributed by atoms with Crippen molar-refractivity contribution in [3.8, 4) is 0 Å². The topological polar surface area (TPSA) is 88.9 Å². The number of anilines is 2. The monoisotopic (exact) mass is 295 g/mol. The Bertz CT molecular complexity index is 708. The van der Waals surface area contributed by atoms with Crippen LogP contribution in [-0.2, 0) is 17.1 Å². The first-order valence-electron chi connectivity index (χ1n) is 6.15. The molecule has 0 saturated carbocycles. The van der Waals surface area contributed by atoms with Crippen LogP contribution in [0.4, 0.5) is 11.5 Å². The van der Waals surface area contributed by atoms with Crippen LogP contribution in [0.1, 0.15) is 12.6 Å². The third-order valence-electron chi connectivity index (χ3n) is 2.66. The van der Waals surface area contributed by atoms with E-state index in [-0.39, 0.29) is 4.90 Å². The summed E-state index contributed by atoms with van der Waals surface area (Å²) in [6.07, 6.45) is 3.09. The molecular weight excluding hydrogens is 278 g/mol. The first-order chi connectivity index (χ1) is 9.42. The third kappa shape index (κ3) is 3.08. The summed E-state index contributed by atoms with van der Waals surface area (Å²) in [4.78, 5) is 4.21. The predicted molar refractivity (Wildman–Crippen MR) is 77.2 cm³/mol. The Labute approximate surface area is 118 Å². The molecule has 2 rings (SSSR count). The highest BCUT2D eigenvalue weighted by Gasteiger charge is 2.17. The van der Waals surface area contributed by atoms with Gasteiger partial charge in [-0.25, -0.2) is 13.4 Å². The zero-order valence-corrected chi connectivity index (χ0v) is 12.4. The number of pyridine rings is 1. The average Bonchev–Trinajstić information content (AvgIpc) is 2.68. The lowest BCUT2D eigenvalue weighted by Gasteiger charge is -2.08. The van der Waals surface area contributed by atoms with Crippen molar-refractivity contribution >= 4 is 21.5 Å². The normalized spacial score (nSPS) is 11.3. The van der Waals surface area contributed by atoms with E-state index in [1.807, 2.05) is 6.92 Å². The van der Waals surface area contributed by atoms with Gasteiger partial charge in [-0.05, 0) is 19.9 Å². The molecule has 0 aliphatic rings. The van der Waals surface area contributed by atoms with E-state index < -0.39 is 10.0 Å². The van der Waals surface area contributed by atoms with Crippen LogP contribution in [0.5, 0.6) is 0 Å². The SMILES string of the molecule is CCNc1cc(S(=O)(=O)Nc2cn(C)nc2C)ccn1. The predicted octanol–water partition coefficient (Wildman–Crippen LogP) is 1.36. The molecule has 0 aliphatic carbocycles. The van der Waals surface area contributed by atoms with Crippen molar-refractivity contribution in [2.45, 2.75) is 18.7 Å². The zero-order valence-electron chi connectivity index (χ0n) is 11.6. The first-order valence-corrected chi connectivity index (χ1v) is 7.63. The molecule has 108 valence electrons. The molecule has 8 heteroatoms. The van der Waals surface area contributed by atoms with Gasteiger partial charge in [-0.1, -0.05) is 0 Å². The van der Waals surface area contributed by atoms with Crippen molar-refractivity contribution < 1.29 is 8.42 Å². The molecule has 2 N–H and O–H groups in total. The second-order valence-electron chi connectivity index (χ2n) is 4.31. The minimum Gasteiger partial charge on any atom is -0.370 e. The van der Waals surface area contributed by atoms with Gasteiger partial charge >= 0.3 is 0 Å². The van der Waals surface area contributed by atoms with E-state index in [2.05, 4.69) is 20.1 Å². The van der Waals surface area contributed by atoms with Crippen molar-refractivity contribution in [3.63, 3.8) is 0 Å². The third-order valence-corrected chi connectivity index (χ3v) is 4.02. The number of nitrogens with one attached hydrogen (secondary N) is 2. The van der Waals surface area contributed by atoms with E-state index in [0.717, 1.165) is 0 Å². The Kier molecular flexibility index (Phi) is 3.93. The van der Waals surface area contributed by atoms with E-state index in [9.17, 15) is 8.42 Å². The highest BCUT2D eigenvalue weighted by atomic mass is 32.2. The molecule has 2 heterocycles. The number of aryl methyl sites for hydroxylation is 2. The van der Waals surface area contributed by atoms with Gasteiger partial charge in [0.1, 0.15) is 5.82 Å². The molecule has 20 heavy (non-hydrogen) atoms. The number of hydrogen-bond acceptors (Lipinski definition) is 5. The maximum atomic E-state index is 12.3. The summed E-state index contributed by atoms with van der Waals surface area (Å²) in [5.74, 6) is 0.526. The van der Waals surface area contributed by atoms with E-state index >= 15 is 0 Å². The lowest BCUT2D eigenvalue weighted by atomic mass is 10.4. The summed E-state index contributed by atoms with van der Waals surface area (Å²) in [6, 6.07) is 2.95. The van der Waals surface area contributed by atoms with Crippen molar-refractivity contribution in [1.82, 2.24) is 14.8 Å². The molecule has 2 aromatic rings. The molecule has 7 nitrogen and oxygen atoms in total. The van der Waals surface area contributed by atoms with E-state index in [0.29, 0.717) is 23.7 Å². The molecule has 0 fully saturated rings. The standard InChI is InChI=1S/C12H17N5O2S/c1-4-13-12-7-10(5-6-14-12)20(18,19)16-11-8-17(3)15-9(11)2/h5-8,16H,4H2,1-3H3,(H,13,14). The summed E-state index contributed by atoms with van der Waals surface area (Å²) in [7, 11) is -1.91. The van der Waals surface area contributed by atoms with Gasteiger partial charge in [-0.15, -0.1) is 0 Å². The number of aromatic nitrogens is 3. The molecule has 2 aromatic heterocycles. The van der Waals surface area contributed by atoms with Crippen LogP contribution in [-0.4, -0.2) is 29.7 Å². The largest absolute Gasteiger partial charge is 0.370 e. The number of rotatable bonds is 5. The highest BCUT2D eigenvalue weighted by molar-refractivity contribution is 7.92. The smallest absolute Gasteiger partial charge is 0.262 e. The fraction of sp³-hybridized carbons (Fsp3) is 0.333. The van der Waals surface area contributed by atoms with Gasteiger partial charge in [-0.2, -0.15) is 5.10 Å². The Morgan fingerprint density at radius 2 is 2.15 bits per heavy atom. The Hall–Kier alpha value is -2.09. The molecule has 0 saturated heterocycles. The number of sulfonamides is 1. The molecular formula is C12H17N5O2S. The van der Waals surface area contributed by atoms with Crippen LogP contribution in [0.2, 0.25) is 0 Å². The van der Waals surface area contributed by atoms with E-state index in [1.165, 1.54) is 18.3 Å². The summed E-state index contributed by atoms with van der Waals surface area (Å²) in [5.41, 5.74) is 1.09. The van der Waals surface area contributed by atoms with Gasteiger partial charge < -0.3 is 5.32 Å². The quantitative estimate of drug-likeness (QED) is 0.869. The van der Waals surface area contributed by atoms with Crippen molar-refractivity contribution in [2.75, 3.05) is 16.6 Å². The summed E-state index contributed by atoms with van der Waals surface area (Å²) >= 11 is 0. The lowest BCUT2D eigenvalue weighted by Crippen LogP contribution is -2.14. The minimum absolute atomic E-state index is 0.159. The average molecular weight is 295 g/mol.